The molecular weight excluding hydrogens is 424 g/mol. The number of carbonyl (C=O) groups is 2. The van der Waals surface area contributed by atoms with Crippen LogP contribution in [0, 0.1) is 0 Å². The van der Waals surface area contributed by atoms with E-state index in [-0.39, 0.29) is 12.3 Å². The normalized spacial score (nSPS) is 13.8. The highest BCUT2D eigenvalue weighted by Gasteiger charge is 2.30. The summed E-state index contributed by atoms with van der Waals surface area (Å²) in [5.74, 6) is -0.865. The van der Waals surface area contributed by atoms with Crippen molar-refractivity contribution in [1.82, 2.24) is 15.0 Å². The maximum atomic E-state index is 13.6. The molecule has 0 N–H and O–H groups in total. The molecule has 2 amide bonds. The first-order chi connectivity index (χ1) is 15.6. The van der Waals surface area contributed by atoms with Gasteiger partial charge in [-0.2, -0.15) is 10.1 Å². The average molecular weight is 441 g/mol. The van der Waals surface area contributed by atoms with Crippen LogP contribution in [-0.2, 0) is 4.79 Å². The third-order valence-corrected chi connectivity index (χ3v) is 5.52. The quantitative estimate of drug-likeness (QED) is 0.414. The molecular formula is C25H17ClN4O2. The Morgan fingerprint density at radius 3 is 2.47 bits per heavy atom. The Bertz CT molecular complexity index is 1370. The van der Waals surface area contributed by atoms with E-state index in [0.717, 1.165) is 16.1 Å². The monoisotopic (exact) mass is 440 g/mol. The topological polar surface area (TPSA) is 75.5 Å². The number of amides is 2. The van der Waals surface area contributed by atoms with Gasteiger partial charge in [0.2, 0.25) is 0 Å². The lowest BCUT2D eigenvalue weighted by Crippen LogP contribution is -2.37. The first-order valence-corrected chi connectivity index (χ1v) is 10.5. The smallest absolute Gasteiger partial charge is 0.272 e. The number of benzene rings is 2. The van der Waals surface area contributed by atoms with Gasteiger partial charge in [0.1, 0.15) is 0 Å². The molecule has 3 heterocycles. The Hall–Kier alpha value is -3.90. The second kappa shape index (κ2) is 8.32. The molecule has 0 saturated carbocycles. The van der Waals surface area contributed by atoms with Crippen molar-refractivity contribution >= 4 is 40.2 Å². The third kappa shape index (κ3) is 3.76. The van der Waals surface area contributed by atoms with Crippen molar-refractivity contribution in [1.29, 1.82) is 0 Å². The molecule has 0 aliphatic carbocycles. The van der Waals surface area contributed by atoms with Crippen molar-refractivity contribution < 1.29 is 9.59 Å². The molecule has 7 heteroatoms. The SMILES string of the molecule is O=C1CCC(c2ccc(Cl)cc2)=NN1C(=O)c1cc2cccnc2nc1-c1ccccc1. The standard InChI is InChI=1S/C25H17ClN4O2/c26-19-10-8-16(9-11-19)21-12-13-22(31)30(29-21)25(32)20-15-18-7-4-14-27-24(18)28-23(20)17-5-2-1-3-6-17/h1-11,14-15H,12-13H2. The zero-order valence-corrected chi connectivity index (χ0v) is 17.7. The molecule has 2 aromatic carbocycles. The lowest BCUT2D eigenvalue weighted by molar-refractivity contribution is -0.129. The fraction of sp³-hybridized carbons (Fsp3) is 0.0800. The summed E-state index contributed by atoms with van der Waals surface area (Å²) >= 11 is 5.99. The van der Waals surface area contributed by atoms with Crippen molar-refractivity contribution in [2.24, 2.45) is 5.10 Å². The highest BCUT2D eigenvalue weighted by molar-refractivity contribution is 6.30. The minimum Gasteiger partial charge on any atom is -0.272 e. The van der Waals surface area contributed by atoms with Crippen LogP contribution in [0.4, 0.5) is 0 Å². The summed E-state index contributed by atoms with van der Waals surface area (Å²) in [5.41, 5.74) is 3.53. The maximum absolute atomic E-state index is 13.6. The summed E-state index contributed by atoms with van der Waals surface area (Å²) in [6.45, 7) is 0. The van der Waals surface area contributed by atoms with Gasteiger partial charge in [-0.05, 0) is 35.9 Å². The van der Waals surface area contributed by atoms with Crippen molar-refractivity contribution in [2.75, 3.05) is 0 Å². The fourth-order valence-electron chi connectivity index (χ4n) is 3.66. The zero-order valence-electron chi connectivity index (χ0n) is 16.9. The number of hydrogen-bond acceptors (Lipinski definition) is 5. The summed E-state index contributed by atoms with van der Waals surface area (Å²) in [5, 5.41) is 6.69. The molecule has 0 radical (unpaired) electrons. The molecule has 0 bridgehead atoms. The van der Waals surface area contributed by atoms with Crippen LogP contribution in [0.25, 0.3) is 22.3 Å². The third-order valence-electron chi connectivity index (χ3n) is 5.27. The molecule has 156 valence electrons. The van der Waals surface area contributed by atoms with Crippen molar-refractivity contribution in [2.45, 2.75) is 12.8 Å². The Morgan fingerprint density at radius 1 is 0.906 bits per heavy atom. The highest BCUT2D eigenvalue weighted by Crippen LogP contribution is 2.28. The lowest BCUT2D eigenvalue weighted by atomic mass is 10.0. The summed E-state index contributed by atoms with van der Waals surface area (Å²) in [7, 11) is 0. The van der Waals surface area contributed by atoms with Gasteiger partial charge in [0.15, 0.2) is 5.65 Å². The maximum Gasteiger partial charge on any atom is 0.283 e. The molecule has 0 atom stereocenters. The summed E-state index contributed by atoms with van der Waals surface area (Å²) < 4.78 is 0. The molecule has 6 nitrogen and oxygen atoms in total. The first-order valence-electron chi connectivity index (χ1n) is 10.1. The fourth-order valence-corrected chi connectivity index (χ4v) is 3.79. The Labute approximate surface area is 189 Å². The van der Waals surface area contributed by atoms with Crippen LogP contribution in [0.5, 0.6) is 0 Å². The zero-order chi connectivity index (χ0) is 22.1. The lowest BCUT2D eigenvalue weighted by Gasteiger charge is -2.23. The molecule has 5 rings (SSSR count). The van der Waals surface area contributed by atoms with Crippen LogP contribution in [0.2, 0.25) is 5.02 Å². The number of carbonyl (C=O) groups excluding carboxylic acids is 2. The van der Waals surface area contributed by atoms with Crippen LogP contribution in [0.15, 0.2) is 84.1 Å². The molecule has 32 heavy (non-hydrogen) atoms. The van der Waals surface area contributed by atoms with Gasteiger partial charge in [-0.15, -0.1) is 0 Å². The number of fused-ring (bicyclic) bond motifs is 1. The Balaban J connectivity index is 1.62. The van der Waals surface area contributed by atoms with Gasteiger partial charge in [-0.1, -0.05) is 54.1 Å². The van der Waals surface area contributed by atoms with Crippen LogP contribution < -0.4 is 0 Å². The number of rotatable bonds is 3. The molecule has 0 spiro atoms. The second-order valence-corrected chi connectivity index (χ2v) is 7.80. The van der Waals surface area contributed by atoms with Gasteiger partial charge in [0.25, 0.3) is 11.8 Å². The number of nitrogens with zero attached hydrogens (tertiary/aromatic N) is 4. The number of aromatic nitrogens is 2. The second-order valence-electron chi connectivity index (χ2n) is 7.36. The molecule has 2 aromatic heterocycles. The van der Waals surface area contributed by atoms with E-state index in [9.17, 15) is 9.59 Å². The van der Waals surface area contributed by atoms with E-state index in [2.05, 4.69) is 15.1 Å². The van der Waals surface area contributed by atoms with Crippen LogP contribution in [0.1, 0.15) is 28.8 Å². The first kappa shape index (κ1) is 20.0. The summed E-state index contributed by atoms with van der Waals surface area (Å²) in [6, 6.07) is 21.9. The molecule has 0 unspecified atom stereocenters. The van der Waals surface area contributed by atoms with Crippen LogP contribution in [-0.4, -0.2) is 32.5 Å². The number of hydrogen-bond donors (Lipinski definition) is 0. The predicted octanol–water partition coefficient (Wildman–Crippen LogP) is 5.12. The molecule has 1 aliphatic heterocycles. The molecule has 1 aliphatic rings. The van der Waals surface area contributed by atoms with Crippen molar-refractivity contribution in [3.05, 3.63) is 95.1 Å². The summed E-state index contributed by atoms with van der Waals surface area (Å²) in [6.07, 6.45) is 2.30. The van der Waals surface area contributed by atoms with Crippen molar-refractivity contribution in [3.63, 3.8) is 0 Å². The summed E-state index contributed by atoms with van der Waals surface area (Å²) in [4.78, 5) is 35.2. The van der Waals surface area contributed by atoms with Gasteiger partial charge >= 0.3 is 0 Å². The van der Waals surface area contributed by atoms with Crippen molar-refractivity contribution in [3.8, 4) is 11.3 Å². The molecule has 0 fully saturated rings. The van der Waals surface area contributed by atoms with E-state index in [1.54, 1.807) is 30.5 Å². The Morgan fingerprint density at radius 2 is 1.69 bits per heavy atom. The molecule has 4 aromatic rings. The minimum absolute atomic E-state index is 0.191. The number of halogens is 1. The average Bonchev–Trinajstić information content (AvgIpc) is 2.84. The van der Waals surface area contributed by atoms with E-state index < -0.39 is 5.91 Å². The van der Waals surface area contributed by atoms with E-state index in [1.807, 2.05) is 48.5 Å². The van der Waals surface area contributed by atoms with E-state index in [1.165, 1.54) is 0 Å². The minimum atomic E-state index is -0.515. The number of hydrazone groups is 1. The molecule has 0 saturated heterocycles. The highest BCUT2D eigenvalue weighted by atomic mass is 35.5. The number of pyridine rings is 2. The van der Waals surface area contributed by atoms with E-state index in [4.69, 9.17) is 11.6 Å². The van der Waals surface area contributed by atoms with Gasteiger partial charge in [0, 0.05) is 35.0 Å². The predicted molar refractivity (Wildman–Crippen MR) is 123 cm³/mol. The largest absolute Gasteiger partial charge is 0.283 e. The van der Waals surface area contributed by atoms with Crippen LogP contribution in [0.3, 0.4) is 0 Å². The van der Waals surface area contributed by atoms with Gasteiger partial charge in [-0.3, -0.25) is 9.59 Å². The Kier molecular flexibility index (Phi) is 5.21. The van der Waals surface area contributed by atoms with Gasteiger partial charge in [0.05, 0.1) is 17.0 Å². The van der Waals surface area contributed by atoms with E-state index >= 15 is 0 Å². The van der Waals surface area contributed by atoms with Crippen LogP contribution >= 0.6 is 11.6 Å². The number of imide groups is 1. The van der Waals surface area contributed by atoms with Gasteiger partial charge < -0.3 is 0 Å². The van der Waals surface area contributed by atoms with E-state index in [0.29, 0.717) is 39.4 Å². The van der Waals surface area contributed by atoms with Gasteiger partial charge in [-0.25, -0.2) is 9.97 Å².